The highest BCUT2D eigenvalue weighted by Gasteiger charge is 2.32. The Morgan fingerprint density at radius 2 is 2.24 bits per heavy atom. The molecular weight excluding hydrogens is 210 g/mol. The van der Waals surface area contributed by atoms with Gasteiger partial charge in [-0.1, -0.05) is 18.6 Å². The second-order valence-corrected chi connectivity index (χ2v) is 4.86. The fourth-order valence-corrected chi connectivity index (χ4v) is 2.86. The Morgan fingerprint density at radius 3 is 2.82 bits per heavy atom. The Hall–Kier alpha value is -1.15. The minimum atomic E-state index is 0.313. The lowest BCUT2D eigenvalue weighted by Crippen LogP contribution is -2.31. The second-order valence-electron chi connectivity index (χ2n) is 4.86. The molecule has 1 fully saturated rings. The Labute approximate surface area is 104 Å². The summed E-state index contributed by atoms with van der Waals surface area (Å²) < 4.78 is 5.58. The lowest BCUT2D eigenvalue weighted by Gasteiger charge is -2.35. The number of nitrogens with zero attached hydrogens (tertiary/aromatic N) is 1. The van der Waals surface area contributed by atoms with Crippen LogP contribution < -0.4 is 0 Å². The fraction of sp³-hybridized carbons (Fsp3) is 0.533. The monoisotopic (exact) mass is 231 g/mol. The van der Waals surface area contributed by atoms with E-state index < -0.39 is 0 Å². The van der Waals surface area contributed by atoms with Crippen molar-refractivity contribution >= 4 is 0 Å². The van der Waals surface area contributed by atoms with E-state index in [4.69, 9.17) is 4.74 Å². The number of hydrogen-bond acceptors (Lipinski definition) is 2. The molecule has 0 saturated heterocycles. The maximum Gasteiger partial charge on any atom is 0.0639 e. The van der Waals surface area contributed by atoms with Gasteiger partial charge in [-0.25, -0.2) is 0 Å². The molecular formula is C15H21NO. The van der Waals surface area contributed by atoms with Gasteiger partial charge in [0.05, 0.1) is 6.10 Å². The molecule has 3 unspecified atom stereocenters. The lowest BCUT2D eigenvalue weighted by atomic mass is 9.74. The third-order valence-corrected chi connectivity index (χ3v) is 3.83. The van der Waals surface area contributed by atoms with Crippen molar-refractivity contribution in [1.82, 2.24) is 4.98 Å². The highest BCUT2D eigenvalue weighted by molar-refractivity contribution is 5.21. The van der Waals surface area contributed by atoms with Crippen LogP contribution in [-0.4, -0.2) is 18.2 Å². The van der Waals surface area contributed by atoms with Crippen LogP contribution in [0.2, 0.25) is 0 Å². The summed E-state index contributed by atoms with van der Waals surface area (Å²) in [6.45, 7) is 6.00. The summed E-state index contributed by atoms with van der Waals surface area (Å²) in [6.07, 6.45) is 7.95. The van der Waals surface area contributed by atoms with Gasteiger partial charge in [0.15, 0.2) is 0 Å². The summed E-state index contributed by atoms with van der Waals surface area (Å²) in [6, 6.07) is 4.29. The molecule has 0 N–H and O–H groups in total. The van der Waals surface area contributed by atoms with E-state index in [2.05, 4.69) is 29.8 Å². The Kier molecular flexibility index (Phi) is 3.95. The van der Waals surface area contributed by atoms with E-state index in [1.165, 1.54) is 18.4 Å². The molecule has 2 heteroatoms. The zero-order valence-corrected chi connectivity index (χ0v) is 10.7. The molecule has 1 aliphatic carbocycles. The lowest BCUT2D eigenvalue weighted by molar-refractivity contribution is 0.0320. The number of hydrogen-bond donors (Lipinski definition) is 0. The zero-order chi connectivity index (χ0) is 12.3. The van der Waals surface area contributed by atoms with Gasteiger partial charge in [-0.15, -0.1) is 6.58 Å². The van der Waals surface area contributed by atoms with E-state index in [0.29, 0.717) is 17.9 Å². The molecule has 17 heavy (non-hydrogen) atoms. The quantitative estimate of drug-likeness (QED) is 0.743. The van der Waals surface area contributed by atoms with Crippen LogP contribution in [0.15, 0.2) is 31.0 Å². The van der Waals surface area contributed by atoms with Crippen LogP contribution in [0, 0.1) is 12.8 Å². The molecule has 92 valence electrons. The molecule has 3 atom stereocenters. The summed E-state index contributed by atoms with van der Waals surface area (Å²) in [5.41, 5.74) is 2.39. The maximum absolute atomic E-state index is 5.58. The topological polar surface area (TPSA) is 22.1 Å². The molecule has 1 saturated carbocycles. The van der Waals surface area contributed by atoms with Crippen molar-refractivity contribution in [2.45, 2.75) is 38.2 Å². The Bertz CT molecular complexity index is 371. The fourth-order valence-electron chi connectivity index (χ4n) is 2.86. The standard InChI is InChI=1S/C15H21NO/c1-4-13-14(6-5-7-15(13)17-3)12-9-8-11(2)16-10-12/h4,8-10,13-15H,1,5-7H2,2-3H3. The van der Waals surface area contributed by atoms with Crippen molar-refractivity contribution in [3.63, 3.8) is 0 Å². The summed E-state index contributed by atoms with van der Waals surface area (Å²) >= 11 is 0. The minimum absolute atomic E-state index is 0.313. The SMILES string of the molecule is C=CC1C(OC)CCCC1c1ccc(C)nc1. The van der Waals surface area contributed by atoms with Crippen LogP contribution in [-0.2, 0) is 4.74 Å². The third-order valence-electron chi connectivity index (χ3n) is 3.83. The van der Waals surface area contributed by atoms with E-state index in [1.54, 1.807) is 7.11 Å². The zero-order valence-electron chi connectivity index (χ0n) is 10.7. The van der Waals surface area contributed by atoms with Gasteiger partial charge in [0, 0.05) is 24.9 Å². The minimum Gasteiger partial charge on any atom is -0.381 e. The first-order chi connectivity index (χ1) is 8.26. The number of ether oxygens (including phenoxy) is 1. The molecule has 0 aliphatic heterocycles. The predicted octanol–water partition coefficient (Wildman–Crippen LogP) is 3.47. The van der Waals surface area contributed by atoms with Crippen molar-refractivity contribution in [3.8, 4) is 0 Å². The maximum atomic E-state index is 5.58. The number of rotatable bonds is 3. The molecule has 0 spiro atoms. The smallest absolute Gasteiger partial charge is 0.0639 e. The van der Waals surface area contributed by atoms with Crippen LogP contribution in [0.4, 0.5) is 0 Å². The number of aryl methyl sites for hydroxylation is 1. The first kappa shape index (κ1) is 12.3. The number of methoxy groups -OCH3 is 1. The van der Waals surface area contributed by atoms with E-state index in [9.17, 15) is 0 Å². The highest BCUT2D eigenvalue weighted by Crippen LogP contribution is 2.39. The summed E-state index contributed by atoms with van der Waals surface area (Å²) in [5.74, 6) is 0.928. The Balaban J connectivity index is 2.23. The van der Waals surface area contributed by atoms with Gasteiger partial charge >= 0.3 is 0 Å². The average Bonchev–Trinajstić information content (AvgIpc) is 2.38. The summed E-state index contributed by atoms with van der Waals surface area (Å²) in [4.78, 5) is 4.40. The van der Waals surface area contributed by atoms with Gasteiger partial charge in [-0.2, -0.15) is 0 Å². The molecule has 2 rings (SSSR count). The first-order valence-electron chi connectivity index (χ1n) is 6.34. The molecule has 2 nitrogen and oxygen atoms in total. The number of aromatic nitrogens is 1. The Morgan fingerprint density at radius 1 is 1.41 bits per heavy atom. The first-order valence-corrected chi connectivity index (χ1v) is 6.34. The molecule has 1 aliphatic rings. The largest absolute Gasteiger partial charge is 0.381 e. The third kappa shape index (κ3) is 2.58. The average molecular weight is 231 g/mol. The molecule has 0 amide bonds. The van der Waals surface area contributed by atoms with E-state index >= 15 is 0 Å². The summed E-state index contributed by atoms with van der Waals surface area (Å²) in [5, 5.41) is 0. The van der Waals surface area contributed by atoms with E-state index in [0.717, 1.165) is 12.1 Å². The van der Waals surface area contributed by atoms with E-state index in [1.807, 2.05) is 13.1 Å². The van der Waals surface area contributed by atoms with Gasteiger partial charge in [0.2, 0.25) is 0 Å². The normalized spacial score (nSPS) is 28.9. The molecule has 0 radical (unpaired) electrons. The van der Waals surface area contributed by atoms with Crippen molar-refractivity contribution < 1.29 is 4.74 Å². The molecule has 1 aromatic rings. The molecule has 1 aromatic heterocycles. The van der Waals surface area contributed by atoms with Crippen LogP contribution in [0.1, 0.15) is 36.4 Å². The number of pyridine rings is 1. The van der Waals surface area contributed by atoms with Crippen molar-refractivity contribution in [2.75, 3.05) is 7.11 Å². The van der Waals surface area contributed by atoms with Gasteiger partial charge in [-0.3, -0.25) is 4.98 Å². The molecule has 0 bridgehead atoms. The molecule has 0 aromatic carbocycles. The van der Waals surface area contributed by atoms with Gasteiger partial charge in [-0.05, 0) is 37.3 Å². The van der Waals surface area contributed by atoms with Crippen molar-refractivity contribution in [1.29, 1.82) is 0 Å². The van der Waals surface area contributed by atoms with Crippen LogP contribution in [0.3, 0.4) is 0 Å². The predicted molar refractivity (Wildman–Crippen MR) is 70.1 cm³/mol. The molecule has 1 heterocycles. The van der Waals surface area contributed by atoms with Crippen LogP contribution in [0.5, 0.6) is 0 Å². The van der Waals surface area contributed by atoms with Crippen LogP contribution in [0.25, 0.3) is 0 Å². The second kappa shape index (κ2) is 5.46. The van der Waals surface area contributed by atoms with Gasteiger partial charge in [0.1, 0.15) is 0 Å². The van der Waals surface area contributed by atoms with Crippen molar-refractivity contribution in [3.05, 3.63) is 42.2 Å². The van der Waals surface area contributed by atoms with Gasteiger partial charge in [0.25, 0.3) is 0 Å². The van der Waals surface area contributed by atoms with E-state index in [-0.39, 0.29) is 0 Å². The van der Waals surface area contributed by atoms with Gasteiger partial charge < -0.3 is 4.74 Å². The van der Waals surface area contributed by atoms with Crippen molar-refractivity contribution in [2.24, 2.45) is 5.92 Å². The highest BCUT2D eigenvalue weighted by atomic mass is 16.5. The van der Waals surface area contributed by atoms with Crippen LogP contribution >= 0.6 is 0 Å². The summed E-state index contributed by atoms with van der Waals surface area (Å²) in [7, 11) is 1.80.